The van der Waals surface area contributed by atoms with Gasteiger partial charge in [-0.05, 0) is 42.2 Å². The van der Waals surface area contributed by atoms with Gasteiger partial charge in [0, 0.05) is 38.6 Å². The number of Topliss-reactive ketones (excluding diaryl/α,β-unsaturated/α-hetero) is 1. The lowest BCUT2D eigenvalue weighted by Crippen LogP contribution is -2.33. The van der Waals surface area contributed by atoms with Gasteiger partial charge in [0.15, 0.2) is 5.78 Å². The van der Waals surface area contributed by atoms with E-state index in [1.165, 1.54) is 52.7 Å². The summed E-state index contributed by atoms with van der Waals surface area (Å²) in [5.74, 6) is 4.78. The van der Waals surface area contributed by atoms with Gasteiger partial charge in [0.1, 0.15) is 17.1 Å². The second-order valence-corrected chi connectivity index (χ2v) is 8.55. The van der Waals surface area contributed by atoms with Gasteiger partial charge in [0.2, 0.25) is 0 Å². The lowest BCUT2D eigenvalue weighted by Gasteiger charge is -2.14. The summed E-state index contributed by atoms with van der Waals surface area (Å²) in [5.41, 5.74) is 7.21. The summed E-state index contributed by atoms with van der Waals surface area (Å²) < 4.78 is 42.5. The van der Waals surface area contributed by atoms with Crippen molar-refractivity contribution in [3.05, 3.63) is 77.6 Å². The van der Waals surface area contributed by atoms with Crippen molar-refractivity contribution in [2.75, 3.05) is 13.1 Å². The maximum absolute atomic E-state index is 12.4. The highest BCUT2D eigenvalue weighted by Gasteiger charge is 2.31. The molecule has 0 aliphatic heterocycles. The number of hydrogen-bond acceptors (Lipinski definition) is 11. The molecule has 0 fully saturated rings. The van der Waals surface area contributed by atoms with Crippen molar-refractivity contribution in [2.45, 2.75) is 38.8 Å². The van der Waals surface area contributed by atoms with E-state index >= 15 is 0 Å². The normalized spacial score (nSPS) is 11.8. The number of ether oxygens (including phenoxy) is 1. The summed E-state index contributed by atoms with van der Waals surface area (Å²) in [6, 6.07) is 7.20. The van der Waals surface area contributed by atoms with Gasteiger partial charge in [-0.3, -0.25) is 14.3 Å². The molecule has 3 rings (SSSR count). The zero-order chi connectivity index (χ0) is 29.0. The summed E-state index contributed by atoms with van der Waals surface area (Å²) >= 11 is 0. The van der Waals surface area contributed by atoms with Gasteiger partial charge in [-0.1, -0.05) is 17.3 Å². The Balaban J connectivity index is 1.33. The van der Waals surface area contributed by atoms with E-state index in [9.17, 15) is 22.8 Å². The average molecular weight is 563 g/mol. The minimum atomic E-state index is -4.78. The maximum Gasteiger partial charge on any atom is 0.573 e. The minimum absolute atomic E-state index is 0.0418. The fourth-order valence-electron chi connectivity index (χ4n) is 3.38. The molecule has 0 bridgehead atoms. The predicted octanol–water partition coefficient (Wildman–Crippen LogP) is 1.01. The Morgan fingerprint density at radius 1 is 1.12 bits per heavy atom. The molecule has 0 aliphatic carbocycles. The first kappa shape index (κ1) is 30.0. The quantitative estimate of drug-likeness (QED) is 0.0683. The van der Waals surface area contributed by atoms with Crippen LogP contribution in [0.2, 0.25) is 0 Å². The number of unbranched alkanes of at least 4 members (excludes halogenated alkanes) is 1. The van der Waals surface area contributed by atoms with Gasteiger partial charge < -0.3 is 26.1 Å². The van der Waals surface area contributed by atoms with E-state index in [2.05, 4.69) is 35.9 Å². The Bertz CT molecular complexity index is 1280. The number of hydrogen-bond donors (Lipinski definition) is 4. The Morgan fingerprint density at radius 2 is 1.95 bits per heavy atom. The number of aromatic nitrogens is 5. The molecule has 0 aliphatic rings. The zero-order valence-corrected chi connectivity index (χ0v) is 21.3. The fraction of sp³-hybridized carbons (Fsp3) is 0.333. The molecule has 1 aromatic carbocycles. The first-order valence-electron chi connectivity index (χ1n) is 12.1. The SMILES string of the molecule is N/C(=C\N(N)CCCCn1cc(C(=O)CNCc2cccc(OC(F)(F)F)c2)nn1)C(=O)NCc1ccnnc1. The summed E-state index contributed by atoms with van der Waals surface area (Å²) in [6.07, 6.45) is 2.44. The molecule has 0 atom stereocenters. The molecule has 2 heterocycles. The number of carbonyl (C=O) groups excluding carboxylic acids is 2. The highest BCUT2D eigenvalue weighted by atomic mass is 19.4. The highest BCUT2D eigenvalue weighted by molar-refractivity contribution is 5.95. The molecule has 16 heteroatoms. The third-order valence-corrected chi connectivity index (χ3v) is 5.29. The lowest BCUT2D eigenvalue weighted by molar-refractivity contribution is -0.274. The maximum atomic E-state index is 12.4. The van der Waals surface area contributed by atoms with Gasteiger partial charge in [-0.25, -0.2) is 5.84 Å². The summed E-state index contributed by atoms with van der Waals surface area (Å²) in [5, 5.41) is 22.1. The Labute approximate surface area is 227 Å². The van der Waals surface area contributed by atoms with E-state index in [0.717, 1.165) is 5.56 Å². The van der Waals surface area contributed by atoms with Crippen molar-refractivity contribution in [1.29, 1.82) is 0 Å². The first-order valence-corrected chi connectivity index (χ1v) is 12.1. The monoisotopic (exact) mass is 562 g/mol. The molecular weight excluding hydrogens is 533 g/mol. The molecule has 214 valence electrons. The second-order valence-electron chi connectivity index (χ2n) is 8.55. The largest absolute Gasteiger partial charge is 0.573 e. The topological polar surface area (TPSA) is 179 Å². The molecule has 6 N–H and O–H groups in total. The zero-order valence-electron chi connectivity index (χ0n) is 21.3. The Kier molecular flexibility index (Phi) is 10.9. The minimum Gasteiger partial charge on any atom is -0.406 e. The number of halogens is 3. The van der Waals surface area contributed by atoms with Gasteiger partial charge in [-0.15, -0.1) is 18.3 Å². The molecule has 3 aromatic rings. The highest BCUT2D eigenvalue weighted by Crippen LogP contribution is 2.23. The van der Waals surface area contributed by atoms with Crippen molar-refractivity contribution >= 4 is 11.7 Å². The van der Waals surface area contributed by atoms with Crippen LogP contribution in [0.4, 0.5) is 13.2 Å². The van der Waals surface area contributed by atoms with Crippen LogP contribution in [-0.2, 0) is 24.4 Å². The number of amides is 1. The van der Waals surface area contributed by atoms with Crippen LogP contribution in [0.15, 0.2) is 60.8 Å². The van der Waals surface area contributed by atoms with Gasteiger partial charge in [0.25, 0.3) is 5.91 Å². The number of rotatable bonds is 15. The standard InChI is InChI=1S/C24H29F3N10O3/c25-24(26,27)40-19-5-3-4-17(10-19)11-30-14-22(38)21-16-37(35-34-21)9-2-1-8-36(29)15-20(28)23(39)31-12-18-6-7-32-33-13-18/h3-7,10,13,15-16,30H,1-2,8-9,11-12,14,28-29H2,(H,31,39)/b20-15-. The number of nitrogens with one attached hydrogen (secondary N) is 2. The summed E-state index contributed by atoms with van der Waals surface area (Å²) in [7, 11) is 0. The van der Waals surface area contributed by atoms with Crippen LogP contribution in [0.25, 0.3) is 0 Å². The lowest BCUT2D eigenvalue weighted by atomic mass is 10.2. The molecule has 2 aromatic heterocycles. The van der Waals surface area contributed by atoms with Crippen molar-refractivity contribution in [3.63, 3.8) is 0 Å². The van der Waals surface area contributed by atoms with Crippen LogP contribution in [-0.4, -0.2) is 61.3 Å². The van der Waals surface area contributed by atoms with Crippen LogP contribution in [0.1, 0.15) is 34.5 Å². The molecule has 13 nitrogen and oxygen atoms in total. The first-order chi connectivity index (χ1) is 19.1. The average Bonchev–Trinajstić information content (AvgIpc) is 3.39. The second kappa shape index (κ2) is 14.5. The van der Waals surface area contributed by atoms with Crippen molar-refractivity contribution in [3.8, 4) is 5.75 Å². The van der Waals surface area contributed by atoms with Gasteiger partial charge >= 0.3 is 6.36 Å². The van der Waals surface area contributed by atoms with Crippen LogP contribution in [0, 0.1) is 0 Å². The van der Waals surface area contributed by atoms with E-state index in [4.69, 9.17) is 11.6 Å². The van der Waals surface area contributed by atoms with Gasteiger partial charge in [-0.2, -0.15) is 10.2 Å². The predicted molar refractivity (Wildman–Crippen MR) is 135 cm³/mol. The van der Waals surface area contributed by atoms with Crippen molar-refractivity contribution in [2.24, 2.45) is 11.6 Å². The molecule has 0 radical (unpaired) electrons. The molecule has 0 saturated heterocycles. The van der Waals surface area contributed by atoms with Gasteiger partial charge in [0.05, 0.1) is 18.9 Å². The number of alkyl halides is 3. The fourth-order valence-corrected chi connectivity index (χ4v) is 3.38. The number of ketones is 1. The number of nitrogens with zero attached hydrogens (tertiary/aromatic N) is 6. The third kappa shape index (κ3) is 10.7. The molecular formula is C24H29F3N10O3. The van der Waals surface area contributed by atoms with Crippen LogP contribution >= 0.6 is 0 Å². The molecule has 40 heavy (non-hydrogen) atoms. The van der Waals surface area contributed by atoms with Crippen LogP contribution < -0.4 is 26.9 Å². The number of nitrogens with two attached hydrogens (primary N) is 2. The number of hydrazine groups is 1. The van der Waals surface area contributed by atoms with E-state index in [1.54, 1.807) is 12.1 Å². The molecule has 1 amide bonds. The molecule has 0 spiro atoms. The summed E-state index contributed by atoms with van der Waals surface area (Å²) in [6.45, 7) is 1.23. The number of benzene rings is 1. The van der Waals surface area contributed by atoms with Crippen molar-refractivity contribution in [1.82, 2.24) is 40.8 Å². The van der Waals surface area contributed by atoms with E-state index < -0.39 is 12.3 Å². The van der Waals surface area contributed by atoms with E-state index in [-0.39, 0.29) is 42.6 Å². The number of aryl methyl sites for hydroxylation is 1. The Hall–Kier alpha value is -4.57. The molecule has 0 unspecified atom stereocenters. The van der Waals surface area contributed by atoms with E-state index in [0.29, 0.717) is 31.5 Å². The van der Waals surface area contributed by atoms with Crippen molar-refractivity contribution < 1.29 is 27.5 Å². The summed E-state index contributed by atoms with van der Waals surface area (Å²) in [4.78, 5) is 24.5. The third-order valence-electron chi connectivity index (χ3n) is 5.29. The number of carbonyl (C=O) groups is 2. The van der Waals surface area contributed by atoms with Crippen LogP contribution in [0.5, 0.6) is 5.75 Å². The van der Waals surface area contributed by atoms with E-state index in [1.807, 2.05) is 0 Å². The van der Waals surface area contributed by atoms with Crippen LogP contribution in [0.3, 0.4) is 0 Å². The molecule has 0 saturated carbocycles. The smallest absolute Gasteiger partial charge is 0.406 e. The Morgan fingerprint density at radius 3 is 2.70 bits per heavy atom.